The highest BCUT2D eigenvalue weighted by Crippen LogP contribution is 2.30. The van der Waals surface area contributed by atoms with E-state index in [1.165, 1.54) is 43.4 Å². The second-order valence-electron chi connectivity index (χ2n) is 7.13. The first-order valence-corrected chi connectivity index (χ1v) is 9.61. The molecule has 3 heteroatoms. The van der Waals surface area contributed by atoms with Crippen LogP contribution >= 0.6 is 0 Å². The van der Waals surface area contributed by atoms with Crippen molar-refractivity contribution in [1.82, 2.24) is 5.32 Å². The molecule has 2 unspecified atom stereocenters. The van der Waals surface area contributed by atoms with E-state index in [4.69, 9.17) is 10.7 Å². The molecule has 130 valence electrons. The van der Waals surface area contributed by atoms with Crippen LogP contribution in [0.4, 0.5) is 0 Å². The van der Waals surface area contributed by atoms with E-state index in [0.29, 0.717) is 11.8 Å². The molecule has 0 saturated heterocycles. The van der Waals surface area contributed by atoms with Gasteiger partial charge < -0.3 is 11.1 Å². The highest BCUT2D eigenvalue weighted by atomic mass is 14.9. The normalized spacial score (nSPS) is 28.3. The van der Waals surface area contributed by atoms with E-state index >= 15 is 0 Å². The van der Waals surface area contributed by atoms with Crippen LogP contribution in [0.3, 0.4) is 0 Å². The molecule has 2 atom stereocenters. The van der Waals surface area contributed by atoms with Gasteiger partial charge in [0.2, 0.25) is 0 Å². The predicted octanol–water partition coefficient (Wildman–Crippen LogP) is 4.55. The molecule has 0 aliphatic carbocycles. The Balaban J connectivity index is 2.06. The van der Waals surface area contributed by atoms with Gasteiger partial charge in [-0.15, -0.1) is 0 Å². The van der Waals surface area contributed by atoms with Crippen LogP contribution in [0, 0.1) is 11.8 Å². The van der Waals surface area contributed by atoms with E-state index in [0.717, 1.165) is 38.0 Å². The van der Waals surface area contributed by atoms with Crippen LogP contribution < -0.4 is 11.1 Å². The summed E-state index contributed by atoms with van der Waals surface area (Å²) < 4.78 is 0. The maximum absolute atomic E-state index is 6.52. The molecule has 23 heavy (non-hydrogen) atoms. The number of allylic oxidation sites excluding steroid dienone is 2. The minimum absolute atomic E-state index is 0.573. The van der Waals surface area contributed by atoms with Gasteiger partial charge in [-0.3, -0.25) is 4.99 Å². The summed E-state index contributed by atoms with van der Waals surface area (Å²) in [5.74, 6) is 1.25. The zero-order valence-corrected chi connectivity index (χ0v) is 15.3. The number of nitrogens with one attached hydrogen (secondary N) is 1. The van der Waals surface area contributed by atoms with Crippen LogP contribution in [0.2, 0.25) is 0 Å². The number of hydrogen-bond donors (Lipinski definition) is 2. The molecule has 0 fully saturated rings. The molecular formula is C20H35N3. The summed E-state index contributed by atoms with van der Waals surface area (Å²) >= 11 is 0. The Hall–Kier alpha value is -1.25. The summed E-state index contributed by atoms with van der Waals surface area (Å²) in [6.07, 6.45) is 11.8. The first kappa shape index (κ1) is 18.1. The van der Waals surface area contributed by atoms with Crippen molar-refractivity contribution in [2.24, 2.45) is 22.6 Å². The third-order valence-electron chi connectivity index (χ3n) is 5.49. The van der Waals surface area contributed by atoms with Crippen molar-refractivity contribution < 1.29 is 0 Å². The lowest BCUT2D eigenvalue weighted by atomic mass is 9.82. The largest absolute Gasteiger partial charge is 0.397 e. The van der Waals surface area contributed by atoms with Gasteiger partial charge in [0.05, 0.1) is 11.4 Å². The van der Waals surface area contributed by atoms with Crippen LogP contribution in [-0.4, -0.2) is 18.8 Å². The molecule has 2 aliphatic heterocycles. The number of unbranched alkanes of at least 4 members (excludes halogenated alkanes) is 2. The highest BCUT2D eigenvalue weighted by molar-refractivity contribution is 6.00. The predicted molar refractivity (Wildman–Crippen MR) is 101 cm³/mol. The Kier molecular flexibility index (Phi) is 7.19. The lowest BCUT2D eigenvalue weighted by Gasteiger charge is -2.29. The van der Waals surface area contributed by atoms with Gasteiger partial charge in [0.1, 0.15) is 0 Å². The van der Waals surface area contributed by atoms with Gasteiger partial charge in [-0.2, -0.15) is 0 Å². The average molecular weight is 318 g/mol. The molecular weight excluding hydrogens is 282 g/mol. The zero-order chi connectivity index (χ0) is 16.7. The second kappa shape index (κ2) is 9.14. The molecule has 3 N–H and O–H groups in total. The van der Waals surface area contributed by atoms with Gasteiger partial charge in [0.15, 0.2) is 0 Å². The minimum Gasteiger partial charge on any atom is -0.397 e. The average Bonchev–Trinajstić information content (AvgIpc) is 2.54. The summed E-state index contributed by atoms with van der Waals surface area (Å²) in [7, 11) is 0. The van der Waals surface area contributed by atoms with Crippen LogP contribution in [0.5, 0.6) is 0 Å². The van der Waals surface area contributed by atoms with Crippen molar-refractivity contribution in [1.29, 1.82) is 0 Å². The highest BCUT2D eigenvalue weighted by Gasteiger charge is 2.24. The molecule has 0 aromatic carbocycles. The molecule has 3 nitrogen and oxygen atoms in total. The van der Waals surface area contributed by atoms with E-state index < -0.39 is 0 Å². The second-order valence-corrected chi connectivity index (χ2v) is 7.13. The van der Waals surface area contributed by atoms with Gasteiger partial charge in [-0.25, -0.2) is 0 Å². The first-order chi connectivity index (χ1) is 11.2. The Morgan fingerprint density at radius 1 is 1.26 bits per heavy atom. The summed E-state index contributed by atoms with van der Waals surface area (Å²) in [5, 5.41) is 3.56. The Morgan fingerprint density at radius 2 is 2.09 bits per heavy atom. The molecule has 2 rings (SSSR count). The molecule has 0 saturated carbocycles. The van der Waals surface area contributed by atoms with Crippen LogP contribution in [0.15, 0.2) is 28.0 Å². The number of rotatable bonds is 6. The smallest absolute Gasteiger partial charge is 0.0577 e. The van der Waals surface area contributed by atoms with E-state index in [9.17, 15) is 0 Å². The fraction of sp³-hybridized carbons (Fsp3) is 0.750. The number of nitrogens with two attached hydrogens (primary N) is 1. The van der Waals surface area contributed by atoms with Crippen molar-refractivity contribution in [3.8, 4) is 0 Å². The minimum atomic E-state index is 0.573. The van der Waals surface area contributed by atoms with Gasteiger partial charge in [0.25, 0.3) is 0 Å². The van der Waals surface area contributed by atoms with Crippen molar-refractivity contribution in [2.45, 2.75) is 72.1 Å². The number of hydrogen-bond acceptors (Lipinski definition) is 3. The molecule has 2 aliphatic rings. The maximum atomic E-state index is 6.52. The van der Waals surface area contributed by atoms with Crippen LogP contribution in [-0.2, 0) is 0 Å². The van der Waals surface area contributed by atoms with E-state index in [-0.39, 0.29) is 0 Å². The van der Waals surface area contributed by atoms with Gasteiger partial charge in [-0.05, 0) is 62.1 Å². The summed E-state index contributed by atoms with van der Waals surface area (Å²) in [6, 6.07) is 0. The van der Waals surface area contributed by atoms with Crippen LogP contribution in [0.1, 0.15) is 72.1 Å². The quantitative estimate of drug-likeness (QED) is 0.706. The van der Waals surface area contributed by atoms with Crippen LogP contribution in [0.25, 0.3) is 0 Å². The third-order valence-corrected chi connectivity index (χ3v) is 5.49. The molecule has 0 bridgehead atoms. The molecule has 0 aromatic rings. The van der Waals surface area contributed by atoms with E-state index in [1.54, 1.807) is 5.57 Å². The number of aliphatic imine (C=N–C) groups is 1. The molecule has 2 heterocycles. The summed E-state index contributed by atoms with van der Waals surface area (Å²) in [6.45, 7) is 8.81. The Morgan fingerprint density at radius 3 is 2.83 bits per heavy atom. The monoisotopic (exact) mass is 317 g/mol. The summed E-state index contributed by atoms with van der Waals surface area (Å²) in [5.41, 5.74) is 11.7. The molecule has 0 radical (unpaired) electrons. The van der Waals surface area contributed by atoms with Crippen molar-refractivity contribution in [2.75, 3.05) is 13.1 Å². The maximum Gasteiger partial charge on any atom is 0.0577 e. The fourth-order valence-electron chi connectivity index (χ4n) is 3.86. The SMILES string of the molecule is CCCCCC1=NCCC(C2CCC(C)/C(CC)=C\NC2)=C1N. The van der Waals surface area contributed by atoms with Crippen molar-refractivity contribution in [3.63, 3.8) is 0 Å². The standard InChI is InChI=1S/C20H35N3/c1-4-6-7-8-19-20(21)18(11-12-23-19)17-10-9-15(3)16(5-2)13-22-14-17/h13,15,17,22H,4-12,14,21H2,1-3H3/b16-13-. The van der Waals surface area contributed by atoms with Crippen molar-refractivity contribution in [3.05, 3.63) is 23.0 Å². The topological polar surface area (TPSA) is 50.4 Å². The van der Waals surface area contributed by atoms with Crippen molar-refractivity contribution >= 4 is 5.71 Å². The third kappa shape index (κ3) is 4.86. The molecule has 0 amide bonds. The lowest BCUT2D eigenvalue weighted by molar-refractivity contribution is 0.436. The number of dihydropyridines is 1. The van der Waals surface area contributed by atoms with Gasteiger partial charge in [0, 0.05) is 13.1 Å². The Bertz CT molecular complexity index is 473. The molecule has 0 spiro atoms. The molecule has 0 aromatic heterocycles. The summed E-state index contributed by atoms with van der Waals surface area (Å²) in [4.78, 5) is 4.71. The van der Waals surface area contributed by atoms with Gasteiger partial charge in [-0.1, -0.05) is 39.2 Å². The fourth-order valence-corrected chi connectivity index (χ4v) is 3.86. The first-order valence-electron chi connectivity index (χ1n) is 9.61. The Labute approximate surface area is 142 Å². The lowest BCUT2D eigenvalue weighted by Crippen LogP contribution is -2.29. The zero-order valence-electron chi connectivity index (χ0n) is 15.3. The van der Waals surface area contributed by atoms with E-state index in [2.05, 4.69) is 32.3 Å². The van der Waals surface area contributed by atoms with Gasteiger partial charge >= 0.3 is 0 Å². The van der Waals surface area contributed by atoms with E-state index in [1.807, 2.05) is 0 Å². The number of nitrogens with zero attached hydrogens (tertiary/aromatic N) is 1.